The minimum atomic E-state index is -0.962. The molecule has 1 saturated heterocycles. The number of rotatable bonds is 5. The molecule has 1 aromatic rings. The Balaban J connectivity index is 1.53. The number of carbonyl (C=O) groups is 4. The molecule has 0 aromatic heterocycles. The minimum Gasteiger partial charge on any atom is -0.454 e. The van der Waals surface area contributed by atoms with Crippen LogP contribution >= 0.6 is 0 Å². The molecule has 3 rings (SSSR count). The Hall–Kier alpha value is -2.97. The Morgan fingerprint density at radius 3 is 2.79 bits per heavy atom. The van der Waals surface area contributed by atoms with Crippen molar-refractivity contribution in [3.05, 3.63) is 29.6 Å². The van der Waals surface area contributed by atoms with Gasteiger partial charge in [-0.1, -0.05) is 25.8 Å². The molecule has 4 amide bonds. The molecule has 2 aliphatic rings. The van der Waals surface area contributed by atoms with Crippen LogP contribution in [-0.2, 0) is 19.1 Å². The highest BCUT2D eigenvalue weighted by atomic mass is 19.1. The molecule has 1 heterocycles. The highest BCUT2D eigenvalue weighted by Gasteiger charge is 2.55. The Morgan fingerprint density at radius 2 is 2.10 bits per heavy atom. The maximum absolute atomic E-state index is 13.8. The van der Waals surface area contributed by atoms with Gasteiger partial charge in [0.05, 0.1) is 5.69 Å². The first kappa shape index (κ1) is 20.8. The highest BCUT2D eigenvalue weighted by molar-refractivity contribution is 6.09. The standard InChI is InChI=1S/C20H24FN3O5/c1-12-6-7-15(14(21)9-12)22-16(25)11-29-17(26)10-24-18(27)20(23-19(24)28)8-4-3-5-13(20)2/h6-7,9,13H,3-5,8,10-11H2,1-2H3,(H,22,25)(H,23,28)/t13-,20-/m0/s1. The molecular weight excluding hydrogens is 381 g/mol. The van der Waals surface area contributed by atoms with Crippen molar-refractivity contribution in [2.24, 2.45) is 5.92 Å². The van der Waals surface area contributed by atoms with Crippen molar-refractivity contribution in [1.29, 1.82) is 0 Å². The molecular formula is C20H24FN3O5. The Labute approximate surface area is 167 Å². The van der Waals surface area contributed by atoms with E-state index in [4.69, 9.17) is 4.74 Å². The quantitative estimate of drug-likeness (QED) is 0.577. The van der Waals surface area contributed by atoms with Gasteiger partial charge in [0.2, 0.25) is 0 Å². The molecule has 9 heteroatoms. The zero-order chi connectivity index (χ0) is 21.2. The lowest BCUT2D eigenvalue weighted by Crippen LogP contribution is -2.54. The molecule has 1 saturated carbocycles. The molecule has 1 aliphatic carbocycles. The number of amides is 4. The number of aryl methyl sites for hydroxylation is 1. The fourth-order valence-electron chi connectivity index (χ4n) is 3.87. The molecule has 8 nitrogen and oxygen atoms in total. The average molecular weight is 405 g/mol. The first-order chi connectivity index (χ1) is 13.7. The van der Waals surface area contributed by atoms with Crippen molar-refractivity contribution < 1.29 is 28.3 Å². The van der Waals surface area contributed by atoms with E-state index in [-0.39, 0.29) is 11.6 Å². The summed E-state index contributed by atoms with van der Waals surface area (Å²) in [7, 11) is 0. The van der Waals surface area contributed by atoms with Crippen LogP contribution in [0.5, 0.6) is 0 Å². The molecule has 29 heavy (non-hydrogen) atoms. The second-order valence-electron chi connectivity index (χ2n) is 7.63. The van der Waals surface area contributed by atoms with Gasteiger partial charge in [-0.2, -0.15) is 0 Å². The van der Waals surface area contributed by atoms with Gasteiger partial charge in [-0.3, -0.25) is 19.3 Å². The minimum absolute atomic E-state index is 0.0242. The fourth-order valence-corrected chi connectivity index (χ4v) is 3.87. The van der Waals surface area contributed by atoms with E-state index in [1.54, 1.807) is 13.0 Å². The number of nitrogens with zero attached hydrogens (tertiary/aromatic N) is 1. The van der Waals surface area contributed by atoms with Crippen LogP contribution in [0.3, 0.4) is 0 Å². The molecule has 2 atom stereocenters. The molecule has 1 aliphatic heterocycles. The predicted octanol–water partition coefficient (Wildman–Crippen LogP) is 2.12. The second-order valence-corrected chi connectivity index (χ2v) is 7.63. The Kier molecular flexibility index (Phi) is 5.86. The van der Waals surface area contributed by atoms with Gasteiger partial charge >= 0.3 is 12.0 Å². The molecule has 0 bridgehead atoms. The van der Waals surface area contributed by atoms with Crippen LogP contribution < -0.4 is 10.6 Å². The van der Waals surface area contributed by atoms with E-state index < -0.39 is 48.3 Å². The van der Waals surface area contributed by atoms with Crippen molar-refractivity contribution in [2.75, 3.05) is 18.5 Å². The third kappa shape index (κ3) is 4.23. The number of ether oxygens (including phenoxy) is 1. The van der Waals surface area contributed by atoms with Gasteiger partial charge in [0.25, 0.3) is 11.8 Å². The highest BCUT2D eigenvalue weighted by Crippen LogP contribution is 2.38. The van der Waals surface area contributed by atoms with Crippen molar-refractivity contribution in [1.82, 2.24) is 10.2 Å². The van der Waals surface area contributed by atoms with Crippen LogP contribution in [0.15, 0.2) is 18.2 Å². The van der Waals surface area contributed by atoms with Gasteiger partial charge in [0, 0.05) is 0 Å². The second kappa shape index (κ2) is 8.18. The Bertz CT molecular complexity index is 859. The molecule has 156 valence electrons. The van der Waals surface area contributed by atoms with Crippen LogP contribution in [0.25, 0.3) is 0 Å². The van der Waals surface area contributed by atoms with Crippen molar-refractivity contribution in [3.8, 4) is 0 Å². The van der Waals surface area contributed by atoms with Crippen LogP contribution in [-0.4, -0.2) is 47.4 Å². The topological polar surface area (TPSA) is 105 Å². The number of hydrogen-bond acceptors (Lipinski definition) is 5. The predicted molar refractivity (Wildman–Crippen MR) is 101 cm³/mol. The largest absolute Gasteiger partial charge is 0.454 e. The number of nitrogens with one attached hydrogen (secondary N) is 2. The number of urea groups is 1. The maximum atomic E-state index is 13.8. The lowest BCUT2D eigenvalue weighted by molar-refractivity contribution is -0.150. The van der Waals surface area contributed by atoms with E-state index in [9.17, 15) is 23.6 Å². The number of halogens is 1. The zero-order valence-corrected chi connectivity index (χ0v) is 16.4. The van der Waals surface area contributed by atoms with Crippen LogP contribution in [0.1, 0.15) is 38.2 Å². The Morgan fingerprint density at radius 1 is 1.34 bits per heavy atom. The van der Waals surface area contributed by atoms with E-state index in [1.165, 1.54) is 12.1 Å². The van der Waals surface area contributed by atoms with Crippen LogP contribution in [0.2, 0.25) is 0 Å². The third-order valence-electron chi connectivity index (χ3n) is 5.55. The summed E-state index contributed by atoms with van der Waals surface area (Å²) in [5, 5.41) is 5.05. The average Bonchev–Trinajstić information content (AvgIpc) is 2.90. The van der Waals surface area contributed by atoms with E-state index in [1.807, 2.05) is 6.92 Å². The van der Waals surface area contributed by atoms with E-state index in [0.29, 0.717) is 12.0 Å². The summed E-state index contributed by atoms with van der Waals surface area (Å²) in [6.07, 6.45) is 3.17. The fraction of sp³-hybridized carbons (Fsp3) is 0.500. The molecule has 1 aromatic carbocycles. The molecule has 0 radical (unpaired) electrons. The molecule has 1 spiro atoms. The van der Waals surface area contributed by atoms with E-state index in [0.717, 1.165) is 24.2 Å². The van der Waals surface area contributed by atoms with Gasteiger partial charge < -0.3 is 15.4 Å². The summed E-state index contributed by atoms with van der Waals surface area (Å²) in [5.41, 5.74) is -0.291. The first-order valence-electron chi connectivity index (χ1n) is 9.58. The number of anilines is 1. The molecule has 0 unspecified atom stereocenters. The monoisotopic (exact) mass is 405 g/mol. The third-order valence-corrected chi connectivity index (χ3v) is 5.55. The van der Waals surface area contributed by atoms with Gasteiger partial charge in [-0.25, -0.2) is 9.18 Å². The van der Waals surface area contributed by atoms with Gasteiger partial charge in [0.1, 0.15) is 17.9 Å². The SMILES string of the molecule is Cc1ccc(NC(=O)COC(=O)CN2C(=O)N[C@]3(CCCC[C@@H]3C)C2=O)c(F)c1. The number of carbonyl (C=O) groups excluding carboxylic acids is 4. The maximum Gasteiger partial charge on any atom is 0.326 e. The van der Waals surface area contributed by atoms with Crippen LogP contribution in [0.4, 0.5) is 14.9 Å². The van der Waals surface area contributed by atoms with E-state index in [2.05, 4.69) is 10.6 Å². The number of esters is 1. The summed E-state index contributed by atoms with van der Waals surface area (Å²) < 4.78 is 18.6. The zero-order valence-electron chi connectivity index (χ0n) is 16.4. The van der Waals surface area contributed by atoms with Crippen LogP contribution in [0, 0.1) is 18.7 Å². The van der Waals surface area contributed by atoms with Gasteiger partial charge in [0.15, 0.2) is 6.61 Å². The number of benzene rings is 1. The van der Waals surface area contributed by atoms with E-state index >= 15 is 0 Å². The molecule has 2 N–H and O–H groups in total. The summed E-state index contributed by atoms with van der Waals surface area (Å²) in [5.74, 6) is -2.68. The van der Waals surface area contributed by atoms with Crippen molar-refractivity contribution in [2.45, 2.75) is 45.1 Å². The normalized spacial score (nSPS) is 23.8. The first-order valence-corrected chi connectivity index (χ1v) is 9.58. The summed E-state index contributed by atoms with van der Waals surface area (Å²) in [6, 6.07) is 3.67. The van der Waals surface area contributed by atoms with Gasteiger partial charge in [-0.15, -0.1) is 0 Å². The number of hydrogen-bond donors (Lipinski definition) is 2. The van der Waals surface area contributed by atoms with Crippen molar-refractivity contribution in [3.63, 3.8) is 0 Å². The smallest absolute Gasteiger partial charge is 0.326 e. The lowest BCUT2D eigenvalue weighted by Gasteiger charge is -2.36. The number of imide groups is 1. The lowest BCUT2D eigenvalue weighted by atomic mass is 9.73. The summed E-state index contributed by atoms with van der Waals surface area (Å²) in [6.45, 7) is 2.39. The summed E-state index contributed by atoms with van der Waals surface area (Å²) >= 11 is 0. The van der Waals surface area contributed by atoms with Gasteiger partial charge in [-0.05, 0) is 43.4 Å². The molecule has 2 fully saturated rings. The van der Waals surface area contributed by atoms with Crippen molar-refractivity contribution >= 4 is 29.5 Å². The summed E-state index contributed by atoms with van der Waals surface area (Å²) in [4.78, 5) is 49.8.